The fourth-order valence-electron chi connectivity index (χ4n) is 1.76. The van der Waals surface area contributed by atoms with Gasteiger partial charge in [-0.1, -0.05) is 39.0 Å². The third kappa shape index (κ3) is 6.42. The predicted molar refractivity (Wildman–Crippen MR) is 75.1 cm³/mol. The van der Waals surface area contributed by atoms with Crippen LogP contribution < -0.4 is 10.1 Å². The zero-order chi connectivity index (χ0) is 13.1. The molecule has 0 aromatic carbocycles. The number of anilines is 1. The smallest absolute Gasteiger partial charge is 0.218 e. The monoisotopic (exact) mass is 251 g/mol. The Hall–Kier alpha value is -1.32. The van der Waals surface area contributed by atoms with E-state index in [1.54, 1.807) is 0 Å². The van der Waals surface area contributed by atoms with Crippen molar-refractivity contribution in [2.45, 2.75) is 52.4 Å². The van der Waals surface area contributed by atoms with Gasteiger partial charge in [0.1, 0.15) is 12.1 Å². The van der Waals surface area contributed by atoms with E-state index in [9.17, 15) is 0 Å². The summed E-state index contributed by atoms with van der Waals surface area (Å²) in [6.45, 7) is 5.88. The van der Waals surface area contributed by atoms with Crippen molar-refractivity contribution >= 4 is 5.82 Å². The van der Waals surface area contributed by atoms with Crippen molar-refractivity contribution < 1.29 is 4.74 Å². The summed E-state index contributed by atoms with van der Waals surface area (Å²) in [5.74, 6) is 1.49. The summed E-state index contributed by atoms with van der Waals surface area (Å²) in [6, 6.07) is 1.85. The quantitative estimate of drug-likeness (QED) is 0.645. The van der Waals surface area contributed by atoms with Crippen molar-refractivity contribution in [3.8, 4) is 5.88 Å². The van der Waals surface area contributed by atoms with Crippen LogP contribution in [0.4, 0.5) is 5.82 Å². The van der Waals surface area contributed by atoms with Gasteiger partial charge in [-0.05, 0) is 13.3 Å². The minimum Gasteiger partial charge on any atom is -0.478 e. The lowest BCUT2D eigenvalue weighted by Crippen LogP contribution is -2.03. The highest BCUT2D eigenvalue weighted by atomic mass is 16.5. The van der Waals surface area contributed by atoms with Crippen LogP contribution in [0.1, 0.15) is 52.4 Å². The molecule has 1 rings (SSSR count). The molecule has 0 saturated carbocycles. The SMILES string of the molecule is CCCCCCCCOc1cc(NCC)ncn1. The summed E-state index contributed by atoms with van der Waals surface area (Å²) in [5.41, 5.74) is 0. The second-order valence-corrected chi connectivity index (χ2v) is 4.39. The molecule has 0 aliphatic heterocycles. The zero-order valence-corrected chi connectivity index (χ0v) is 11.6. The molecular weight excluding hydrogens is 226 g/mol. The lowest BCUT2D eigenvalue weighted by Gasteiger charge is -2.06. The first-order valence-corrected chi connectivity index (χ1v) is 7.05. The van der Waals surface area contributed by atoms with Gasteiger partial charge in [-0.3, -0.25) is 0 Å². The van der Waals surface area contributed by atoms with E-state index >= 15 is 0 Å². The molecule has 0 aliphatic rings. The molecule has 0 saturated heterocycles. The highest BCUT2D eigenvalue weighted by Gasteiger charge is 1.98. The van der Waals surface area contributed by atoms with E-state index in [0.29, 0.717) is 5.88 Å². The Bertz CT molecular complexity index is 318. The molecule has 0 amide bonds. The van der Waals surface area contributed by atoms with E-state index in [1.165, 1.54) is 38.4 Å². The Kier molecular flexibility index (Phi) is 7.93. The number of aromatic nitrogens is 2. The summed E-state index contributed by atoms with van der Waals surface area (Å²) in [7, 11) is 0. The number of nitrogens with zero attached hydrogens (tertiary/aromatic N) is 2. The molecule has 18 heavy (non-hydrogen) atoms. The van der Waals surface area contributed by atoms with Crippen molar-refractivity contribution in [2.75, 3.05) is 18.5 Å². The summed E-state index contributed by atoms with van der Waals surface area (Å²) in [5, 5.41) is 3.14. The second-order valence-electron chi connectivity index (χ2n) is 4.39. The van der Waals surface area contributed by atoms with Gasteiger partial charge in [0.05, 0.1) is 6.61 Å². The van der Waals surface area contributed by atoms with E-state index in [2.05, 4.69) is 22.2 Å². The van der Waals surface area contributed by atoms with Crippen molar-refractivity contribution in [3.63, 3.8) is 0 Å². The van der Waals surface area contributed by atoms with E-state index < -0.39 is 0 Å². The number of nitrogens with one attached hydrogen (secondary N) is 1. The highest BCUT2D eigenvalue weighted by Crippen LogP contribution is 2.11. The molecule has 0 aliphatic carbocycles. The standard InChI is InChI=1S/C14H25N3O/c1-3-5-6-7-8-9-10-18-14-11-13(15-4-2)16-12-17-14/h11-12H,3-10H2,1-2H3,(H,15,16,17). The summed E-state index contributed by atoms with van der Waals surface area (Å²) >= 11 is 0. The van der Waals surface area contributed by atoms with E-state index in [0.717, 1.165) is 25.4 Å². The van der Waals surface area contributed by atoms with Gasteiger partial charge in [0.25, 0.3) is 0 Å². The minimum absolute atomic E-state index is 0.662. The molecule has 1 heterocycles. The summed E-state index contributed by atoms with van der Waals surface area (Å²) < 4.78 is 5.61. The molecule has 0 bridgehead atoms. The first kappa shape index (κ1) is 14.7. The number of hydrogen-bond donors (Lipinski definition) is 1. The lowest BCUT2D eigenvalue weighted by atomic mass is 10.1. The van der Waals surface area contributed by atoms with Crippen LogP contribution in [0.25, 0.3) is 0 Å². The molecule has 0 radical (unpaired) electrons. The van der Waals surface area contributed by atoms with Gasteiger partial charge in [-0.2, -0.15) is 0 Å². The Morgan fingerprint density at radius 2 is 1.83 bits per heavy atom. The van der Waals surface area contributed by atoms with Crippen LogP contribution in [0.3, 0.4) is 0 Å². The van der Waals surface area contributed by atoms with Crippen molar-refractivity contribution in [1.82, 2.24) is 9.97 Å². The average Bonchev–Trinajstić information content (AvgIpc) is 2.39. The first-order valence-electron chi connectivity index (χ1n) is 7.05. The van der Waals surface area contributed by atoms with E-state index in [4.69, 9.17) is 4.74 Å². The van der Waals surface area contributed by atoms with Crippen molar-refractivity contribution in [1.29, 1.82) is 0 Å². The maximum atomic E-state index is 5.61. The Labute approximate surface area is 110 Å². The normalized spacial score (nSPS) is 10.3. The maximum Gasteiger partial charge on any atom is 0.218 e. The molecule has 1 aromatic heterocycles. The highest BCUT2D eigenvalue weighted by molar-refractivity contribution is 5.36. The molecule has 4 heteroatoms. The Morgan fingerprint density at radius 3 is 2.61 bits per heavy atom. The largest absolute Gasteiger partial charge is 0.478 e. The van der Waals surface area contributed by atoms with Gasteiger partial charge < -0.3 is 10.1 Å². The van der Waals surface area contributed by atoms with E-state index in [1.807, 2.05) is 13.0 Å². The van der Waals surface area contributed by atoms with Gasteiger partial charge in [0.15, 0.2) is 0 Å². The van der Waals surface area contributed by atoms with Crippen LogP contribution in [-0.4, -0.2) is 23.1 Å². The third-order valence-electron chi connectivity index (χ3n) is 2.75. The fourth-order valence-corrected chi connectivity index (χ4v) is 1.76. The number of rotatable bonds is 10. The molecule has 0 atom stereocenters. The molecule has 1 N–H and O–H groups in total. The number of unbranched alkanes of at least 4 members (excludes halogenated alkanes) is 5. The minimum atomic E-state index is 0.662. The van der Waals surface area contributed by atoms with Gasteiger partial charge in [-0.25, -0.2) is 9.97 Å². The van der Waals surface area contributed by atoms with Crippen LogP contribution in [0, 0.1) is 0 Å². The van der Waals surface area contributed by atoms with Crippen molar-refractivity contribution in [3.05, 3.63) is 12.4 Å². The Balaban J connectivity index is 2.13. The second kappa shape index (κ2) is 9.68. The molecule has 0 fully saturated rings. The van der Waals surface area contributed by atoms with Gasteiger partial charge in [0, 0.05) is 12.6 Å². The topological polar surface area (TPSA) is 47.0 Å². The maximum absolute atomic E-state index is 5.61. The average molecular weight is 251 g/mol. The molecule has 0 unspecified atom stereocenters. The summed E-state index contributed by atoms with van der Waals surface area (Å²) in [6.07, 6.45) is 9.17. The third-order valence-corrected chi connectivity index (χ3v) is 2.75. The van der Waals surface area contributed by atoms with E-state index in [-0.39, 0.29) is 0 Å². The molecule has 1 aromatic rings. The Morgan fingerprint density at radius 1 is 1.06 bits per heavy atom. The predicted octanol–water partition coefficient (Wildman–Crippen LogP) is 3.65. The van der Waals surface area contributed by atoms with Gasteiger partial charge >= 0.3 is 0 Å². The molecular formula is C14H25N3O. The van der Waals surface area contributed by atoms with Crippen molar-refractivity contribution in [2.24, 2.45) is 0 Å². The van der Waals surface area contributed by atoms with Crippen LogP contribution in [0.15, 0.2) is 12.4 Å². The molecule has 0 spiro atoms. The molecule has 4 nitrogen and oxygen atoms in total. The van der Waals surface area contributed by atoms with Crippen LogP contribution in [0.2, 0.25) is 0 Å². The summed E-state index contributed by atoms with van der Waals surface area (Å²) in [4.78, 5) is 8.20. The van der Waals surface area contributed by atoms with Gasteiger partial charge in [-0.15, -0.1) is 0 Å². The van der Waals surface area contributed by atoms with Crippen LogP contribution in [-0.2, 0) is 0 Å². The lowest BCUT2D eigenvalue weighted by molar-refractivity contribution is 0.293. The number of ether oxygens (including phenoxy) is 1. The van der Waals surface area contributed by atoms with Crippen LogP contribution >= 0.6 is 0 Å². The fraction of sp³-hybridized carbons (Fsp3) is 0.714. The zero-order valence-electron chi connectivity index (χ0n) is 11.6. The first-order chi connectivity index (χ1) is 8.86. The number of hydrogen-bond acceptors (Lipinski definition) is 4. The van der Waals surface area contributed by atoms with Gasteiger partial charge in [0.2, 0.25) is 5.88 Å². The van der Waals surface area contributed by atoms with Crippen LogP contribution in [0.5, 0.6) is 5.88 Å². The molecule has 102 valence electrons.